The molecule has 0 amide bonds. The first-order chi connectivity index (χ1) is 4.54. The minimum Gasteiger partial charge on any atom is -0.193 e. The Morgan fingerprint density at radius 3 is 2.40 bits per heavy atom. The van der Waals surface area contributed by atoms with Crippen LogP contribution in [-0.4, -0.2) is 0 Å². The summed E-state index contributed by atoms with van der Waals surface area (Å²) in [5, 5.41) is 8.37. The van der Waals surface area contributed by atoms with Crippen LogP contribution in [0.1, 0.15) is 34.1 Å². The van der Waals surface area contributed by atoms with Gasteiger partial charge in [0.2, 0.25) is 0 Å². The van der Waals surface area contributed by atoms with Crippen LogP contribution < -0.4 is 0 Å². The highest BCUT2D eigenvalue weighted by Gasteiger charge is 2.16. The fourth-order valence-corrected chi connectivity index (χ4v) is 0.571. The normalized spacial score (nSPS) is 12.9. The lowest BCUT2D eigenvalue weighted by atomic mass is 9.82. The number of hydrogen-bond donors (Lipinski definition) is 0. The molecule has 10 heavy (non-hydrogen) atoms. The van der Waals surface area contributed by atoms with Crippen LogP contribution in [0.4, 0.5) is 0 Å². The van der Waals surface area contributed by atoms with Crippen molar-refractivity contribution in [1.29, 1.82) is 5.26 Å². The second-order valence-corrected chi connectivity index (χ2v) is 3.19. The first-order valence-electron chi connectivity index (χ1n) is 3.61. The Bertz CT molecular complexity index is 170. The molecular weight excluding hydrogens is 122 g/mol. The van der Waals surface area contributed by atoms with Crippen molar-refractivity contribution in [3.63, 3.8) is 0 Å². The lowest BCUT2D eigenvalue weighted by Gasteiger charge is -2.22. The first kappa shape index (κ1) is 9.23. The quantitative estimate of drug-likeness (QED) is 0.537. The Labute approximate surface area is 63.4 Å². The highest BCUT2D eigenvalue weighted by molar-refractivity contribution is 5.17. The molecule has 0 fully saturated rings. The fraction of sp³-hybridized carbons (Fsp3) is 0.667. The van der Waals surface area contributed by atoms with Crippen molar-refractivity contribution in [3.8, 4) is 6.07 Å². The molecule has 0 bridgehead atoms. The van der Waals surface area contributed by atoms with E-state index in [2.05, 4.69) is 20.8 Å². The maximum atomic E-state index is 8.37. The smallest absolute Gasteiger partial charge is 0.0911 e. The molecule has 0 aliphatic carbocycles. The molecule has 0 unspecified atom stereocenters. The van der Waals surface area contributed by atoms with E-state index < -0.39 is 0 Å². The van der Waals surface area contributed by atoms with E-state index in [1.807, 2.05) is 13.0 Å². The van der Waals surface area contributed by atoms with Crippen molar-refractivity contribution in [2.24, 2.45) is 5.41 Å². The number of hydrogen-bond acceptors (Lipinski definition) is 1. The summed E-state index contributed by atoms with van der Waals surface area (Å²) in [6.45, 7) is 8.44. The molecule has 0 aromatic heterocycles. The van der Waals surface area contributed by atoms with E-state index >= 15 is 0 Å². The molecule has 0 saturated heterocycles. The molecule has 1 heteroatoms. The van der Waals surface area contributed by atoms with Crippen molar-refractivity contribution < 1.29 is 0 Å². The minimum atomic E-state index is 0.190. The second kappa shape index (κ2) is 3.41. The molecule has 0 saturated carbocycles. The second-order valence-electron chi connectivity index (χ2n) is 3.19. The molecular formula is C9H15N. The van der Waals surface area contributed by atoms with Gasteiger partial charge >= 0.3 is 0 Å². The van der Waals surface area contributed by atoms with Crippen LogP contribution in [-0.2, 0) is 0 Å². The van der Waals surface area contributed by atoms with Crippen molar-refractivity contribution in [2.45, 2.75) is 34.1 Å². The molecule has 0 aromatic rings. The van der Waals surface area contributed by atoms with Crippen LogP contribution >= 0.6 is 0 Å². The third-order valence-corrected chi connectivity index (χ3v) is 2.23. The summed E-state index contributed by atoms with van der Waals surface area (Å²) in [6, 6.07) is 2.05. The molecule has 0 radical (unpaired) electrons. The van der Waals surface area contributed by atoms with Gasteiger partial charge in [-0.1, -0.05) is 26.3 Å². The van der Waals surface area contributed by atoms with Crippen molar-refractivity contribution in [3.05, 3.63) is 11.6 Å². The van der Waals surface area contributed by atoms with Gasteiger partial charge in [-0.3, -0.25) is 0 Å². The van der Waals surface area contributed by atoms with E-state index in [9.17, 15) is 0 Å². The summed E-state index contributed by atoms with van der Waals surface area (Å²) in [5.74, 6) is 0. The topological polar surface area (TPSA) is 23.8 Å². The number of rotatable bonds is 2. The maximum absolute atomic E-state index is 8.37. The van der Waals surface area contributed by atoms with Gasteiger partial charge in [0.25, 0.3) is 0 Å². The van der Waals surface area contributed by atoms with Crippen LogP contribution in [0.3, 0.4) is 0 Å². The molecule has 0 N–H and O–H groups in total. The first-order valence-corrected chi connectivity index (χ1v) is 3.61. The number of allylic oxidation sites excluding steroid dienone is 2. The van der Waals surface area contributed by atoms with Gasteiger partial charge in [-0.2, -0.15) is 5.26 Å². The lowest BCUT2D eigenvalue weighted by Crippen LogP contribution is -2.10. The molecule has 0 atom stereocenters. The van der Waals surface area contributed by atoms with Crippen LogP contribution in [0.5, 0.6) is 0 Å². The van der Waals surface area contributed by atoms with Crippen LogP contribution in [0.15, 0.2) is 11.6 Å². The number of nitrogens with zero attached hydrogens (tertiary/aromatic N) is 1. The number of nitriles is 1. The van der Waals surface area contributed by atoms with E-state index in [4.69, 9.17) is 5.26 Å². The van der Waals surface area contributed by atoms with Gasteiger partial charge in [0.05, 0.1) is 6.07 Å². The average Bonchev–Trinajstić information content (AvgIpc) is 1.89. The Morgan fingerprint density at radius 2 is 2.10 bits per heavy atom. The van der Waals surface area contributed by atoms with Gasteiger partial charge in [-0.05, 0) is 18.8 Å². The predicted octanol–water partition coefficient (Wildman–Crippen LogP) is 2.89. The Kier molecular flexibility index (Phi) is 3.15. The molecule has 0 rings (SSSR count). The largest absolute Gasteiger partial charge is 0.193 e. The Morgan fingerprint density at radius 1 is 1.60 bits per heavy atom. The summed E-state index contributed by atoms with van der Waals surface area (Å²) >= 11 is 0. The van der Waals surface area contributed by atoms with Crippen molar-refractivity contribution in [1.82, 2.24) is 0 Å². The minimum absolute atomic E-state index is 0.190. The maximum Gasteiger partial charge on any atom is 0.0911 e. The van der Waals surface area contributed by atoms with Crippen molar-refractivity contribution in [2.75, 3.05) is 0 Å². The lowest BCUT2D eigenvalue weighted by molar-refractivity contribution is 0.430. The van der Waals surface area contributed by atoms with Gasteiger partial charge in [-0.15, -0.1) is 0 Å². The molecule has 0 spiro atoms. The highest BCUT2D eigenvalue weighted by atomic mass is 14.2. The highest BCUT2D eigenvalue weighted by Crippen LogP contribution is 2.28. The summed E-state index contributed by atoms with van der Waals surface area (Å²) < 4.78 is 0. The molecule has 0 heterocycles. The molecule has 0 aliphatic rings. The monoisotopic (exact) mass is 137 g/mol. The van der Waals surface area contributed by atoms with Gasteiger partial charge in [0, 0.05) is 6.08 Å². The zero-order chi connectivity index (χ0) is 8.20. The zero-order valence-corrected chi connectivity index (χ0v) is 7.23. The van der Waals surface area contributed by atoms with E-state index in [1.165, 1.54) is 0 Å². The molecule has 1 nitrogen and oxygen atoms in total. The average molecular weight is 137 g/mol. The summed E-state index contributed by atoms with van der Waals surface area (Å²) in [4.78, 5) is 0. The predicted molar refractivity (Wildman–Crippen MR) is 43.4 cm³/mol. The van der Waals surface area contributed by atoms with E-state index in [0.29, 0.717) is 0 Å². The van der Waals surface area contributed by atoms with Gasteiger partial charge in [0.1, 0.15) is 0 Å². The summed E-state index contributed by atoms with van der Waals surface area (Å²) in [5.41, 5.74) is 1.35. The van der Waals surface area contributed by atoms with Crippen molar-refractivity contribution >= 4 is 0 Å². The third kappa shape index (κ3) is 2.23. The van der Waals surface area contributed by atoms with Crippen LogP contribution in [0, 0.1) is 16.7 Å². The van der Waals surface area contributed by atoms with E-state index in [-0.39, 0.29) is 5.41 Å². The zero-order valence-electron chi connectivity index (χ0n) is 7.23. The van der Waals surface area contributed by atoms with Gasteiger partial charge in [-0.25, -0.2) is 0 Å². The fourth-order valence-electron chi connectivity index (χ4n) is 0.571. The third-order valence-electron chi connectivity index (χ3n) is 2.23. The molecule has 0 aromatic carbocycles. The molecule has 56 valence electrons. The summed E-state index contributed by atoms with van der Waals surface area (Å²) in [7, 11) is 0. The Hall–Kier alpha value is -0.770. The van der Waals surface area contributed by atoms with Gasteiger partial charge < -0.3 is 0 Å². The van der Waals surface area contributed by atoms with E-state index in [1.54, 1.807) is 6.08 Å². The van der Waals surface area contributed by atoms with Gasteiger partial charge in [0.15, 0.2) is 0 Å². The Balaban J connectivity index is 4.35. The SMILES string of the molecule is CCC(C)(C)C(C)=CC#N. The standard InChI is InChI=1S/C9H15N/c1-5-9(3,4)8(2)6-7-10/h6H,5H2,1-4H3. The van der Waals surface area contributed by atoms with Crippen LogP contribution in [0.2, 0.25) is 0 Å². The molecule has 0 aliphatic heterocycles. The summed E-state index contributed by atoms with van der Waals surface area (Å²) in [6.07, 6.45) is 2.71. The van der Waals surface area contributed by atoms with E-state index in [0.717, 1.165) is 12.0 Å². The van der Waals surface area contributed by atoms with Crippen LogP contribution in [0.25, 0.3) is 0 Å².